The third-order valence-electron chi connectivity index (χ3n) is 9.29. The minimum Gasteiger partial charge on any atom is -0.234 e. The first kappa shape index (κ1) is 38.2. The number of nitrogens with zero attached hydrogens (tertiary/aromatic N) is 2. The summed E-state index contributed by atoms with van der Waals surface area (Å²) in [6.45, 7) is 11.8. The fraction of sp³-hybridized carbons (Fsp3) is 0.923. The van der Waals surface area contributed by atoms with Gasteiger partial charge in [-0.05, 0) is 25.7 Å². The molecule has 0 atom stereocenters. The number of hydrogen-bond acceptors (Lipinski definition) is 0. The smallest absolute Gasteiger partial charge is 0.234 e. The first-order valence-corrected chi connectivity index (χ1v) is 19.3. The monoisotopic (exact) mass is 574 g/mol. The van der Waals surface area contributed by atoms with Crippen LogP contribution in [0, 0.1) is 0 Å². The van der Waals surface area contributed by atoms with Gasteiger partial charge in [0.2, 0.25) is 0 Å². The molecule has 41 heavy (non-hydrogen) atoms. The van der Waals surface area contributed by atoms with Crippen LogP contribution < -0.4 is 4.57 Å². The standard InChI is InChI=1S/C39H77N2/c1-5-7-9-11-13-15-17-19-21-23-25-27-29-31-33-35-41-37-36-40(39(41)38(3)4)34-32-30-28-26-24-22-20-18-16-14-12-10-8-6-2/h36-38H,5-35H2,1-4H3/q+1. The lowest BCUT2D eigenvalue weighted by atomic mass is 10.0. The van der Waals surface area contributed by atoms with Crippen molar-refractivity contribution in [2.75, 3.05) is 0 Å². The molecule has 0 saturated carbocycles. The van der Waals surface area contributed by atoms with Crippen molar-refractivity contribution in [3.05, 3.63) is 18.2 Å². The molecule has 1 heterocycles. The van der Waals surface area contributed by atoms with Gasteiger partial charge in [0, 0.05) is 0 Å². The van der Waals surface area contributed by atoms with E-state index in [-0.39, 0.29) is 0 Å². The summed E-state index contributed by atoms with van der Waals surface area (Å²) in [6, 6.07) is 0. The summed E-state index contributed by atoms with van der Waals surface area (Å²) in [6.07, 6.45) is 46.4. The minimum atomic E-state index is 0.605. The van der Waals surface area contributed by atoms with Gasteiger partial charge in [0.15, 0.2) is 0 Å². The molecule has 2 heteroatoms. The number of aryl methyl sites for hydroxylation is 2. The fourth-order valence-corrected chi connectivity index (χ4v) is 6.65. The van der Waals surface area contributed by atoms with Crippen molar-refractivity contribution in [2.45, 2.75) is 233 Å². The number of unbranched alkanes of at least 4 members (excludes halogenated alkanes) is 27. The molecule has 0 radical (unpaired) electrons. The molecule has 2 nitrogen and oxygen atoms in total. The van der Waals surface area contributed by atoms with E-state index < -0.39 is 0 Å². The van der Waals surface area contributed by atoms with E-state index in [1.54, 1.807) is 5.82 Å². The van der Waals surface area contributed by atoms with Crippen LogP contribution in [0.25, 0.3) is 0 Å². The van der Waals surface area contributed by atoms with Gasteiger partial charge >= 0.3 is 0 Å². The number of imidazole rings is 1. The number of aromatic nitrogens is 2. The van der Waals surface area contributed by atoms with Crippen LogP contribution in [0.5, 0.6) is 0 Å². The molecule has 0 bridgehead atoms. The Morgan fingerprint density at radius 1 is 0.463 bits per heavy atom. The molecular weight excluding hydrogens is 496 g/mol. The lowest BCUT2D eigenvalue weighted by molar-refractivity contribution is -0.705. The van der Waals surface area contributed by atoms with E-state index in [4.69, 9.17) is 0 Å². The van der Waals surface area contributed by atoms with Crippen LogP contribution in [-0.4, -0.2) is 4.57 Å². The van der Waals surface area contributed by atoms with Gasteiger partial charge in [0.05, 0.1) is 19.0 Å². The lowest BCUT2D eigenvalue weighted by Gasteiger charge is -2.08. The lowest BCUT2D eigenvalue weighted by Crippen LogP contribution is -2.38. The molecule has 242 valence electrons. The van der Waals surface area contributed by atoms with Crippen molar-refractivity contribution < 1.29 is 4.57 Å². The highest BCUT2D eigenvalue weighted by molar-refractivity contribution is 4.89. The van der Waals surface area contributed by atoms with E-state index >= 15 is 0 Å². The van der Waals surface area contributed by atoms with Gasteiger partial charge in [-0.2, -0.15) is 0 Å². The largest absolute Gasteiger partial charge is 0.258 e. The second-order valence-electron chi connectivity index (χ2n) is 13.7. The Morgan fingerprint density at radius 2 is 0.780 bits per heavy atom. The highest BCUT2D eigenvalue weighted by atomic mass is 15.1. The zero-order chi connectivity index (χ0) is 29.6. The predicted molar refractivity (Wildman–Crippen MR) is 184 cm³/mol. The molecule has 1 aromatic heterocycles. The zero-order valence-corrected chi connectivity index (χ0v) is 29.0. The highest BCUT2D eigenvalue weighted by Crippen LogP contribution is 2.16. The van der Waals surface area contributed by atoms with Gasteiger partial charge in [-0.25, -0.2) is 9.13 Å². The van der Waals surface area contributed by atoms with Crippen LogP contribution in [0.4, 0.5) is 0 Å². The van der Waals surface area contributed by atoms with Crippen LogP contribution in [0.15, 0.2) is 12.4 Å². The first-order valence-electron chi connectivity index (χ1n) is 19.3. The highest BCUT2D eigenvalue weighted by Gasteiger charge is 2.20. The van der Waals surface area contributed by atoms with E-state index in [1.165, 1.54) is 199 Å². The van der Waals surface area contributed by atoms with Gasteiger partial charge in [-0.15, -0.1) is 0 Å². The Balaban J connectivity index is 2.01. The second-order valence-corrected chi connectivity index (χ2v) is 13.7. The summed E-state index contributed by atoms with van der Waals surface area (Å²) in [5.41, 5.74) is 0. The third kappa shape index (κ3) is 22.4. The summed E-state index contributed by atoms with van der Waals surface area (Å²) in [5.74, 6) is 2.15. The molecule has 0 aliphatic carbocycles. The van der Waals surface area contributed by atoms with E-state index in [2.05, 4.69) is 49.2 Å². The summed E-state index contributed by atoms with van der Waals surface area (Å²) >= 11 is 0. The van der Waals surface area contributed by atoms with E-state index in [9.17, 15) is 0 Å². The van der Waals surface area contributed by atoms with Gasteiger partial charge in [-0.3, -0.25) is 0 Å². The average molecular weight is 574 g/mol. The van der Waals surface area contributed by atoms with Gasteiger partial charge in [0.25, 0.3) is 5.82 Å². The van der Waals surface area contributed by atoms with Crippen molar-refractivity contribution in [2.24, 2.45) is 0 Å². The van der Waals surface area contributed by atoms with Crippen LogP contribution >= 0.6 is 0 Å². The number of rotatable bonds is 32. The molecule has 0 spiro atoms. The maximum absolute atomic E-state index is 2.57. The third-order valence-corrected chi connectivity index (χ3v) is 9.29. The number of hydrogen-bond donors (Lipinski definition) is 0. The Hall–Kier alpha value is -0.790. The molecule has 0 N–H and O–H groups in total. The summed E-state index contributed by atoms with van der Waals surface area (Å²) < 4.78 is 5.13. The molecule has 0 aliphatic rings. The maximum Gasteiger partial charge on any atom is 0.258 e. The van der Waals surface area contributed by atoms with Gasteiger partial charge in [0.1, 0.15) is 12.4 Å². The molecule has 1 rings (SSSR count). The quantitative estimate of drug-likeness (QED) is 0.0598. The van der Waals surface area contributed by atoms with E-state index in [0.717, 1.165) is 0 Å². The van der Waals surface area contributed by atoms with Crippen molar-refractivity contribution in [1.29, 1.82) is 0 Å². The zero-order valence-electron chi connectivity index (χ0n) is 29.0. The molecule has 0 unspecified atom stereocenters. The van der Waals surface area contributed by atoms with Crippen molar-refractivity contribution in [3.63, 3.8) is 0 Å². The summed E-state index contributed by atoms with van der Waals surface area (Å²) in [7, 11) is 0. The Labute approximate surface area is 259 Å². The van der Waals surface area contributed by atoms with E-state index in [0.29, 0.717) is 5.92 Å². The maximum atomic E-state index is 2.57. The normalized spacial score (nSPS) is 11.7. The van der Waals surface area contributed by atoms with Crippen LogP contribution in [0.2, 0.25) is 0 Å². The Kier molecular flexibility index (Phi) is 27.3. The molecule has 0 saturated heterocycles. The van der Waals surface area contributed by atoms with Crippen molar-refractivity contribution in [3.8, 4) is 0 Å². The summed E-state index contributed by atoms with van der Waals surface area (Å²) in [4.78, 5) is 0. The summed E-state index contributed by atoms with van der Waals surface area (Å²) in [5, 5.41) is 0. The molecule has 1 aromatic rings. The van der Waals surface area contributed by atoms with Crippen LogP contribution in [-0.2, 0) is 13.1 Å². The fourth-order valence-electron chi connectivity index (χ4n) is 6.65. The minimum absolute atomic E-state index is 0.605. The van der Waals surface area contributed by atoms with Gasteiger partial charge in [-0.1, -0.05) is 188 Å². The topological polar surface area (TPSA) is 8.81 Å². The first-order chi connectivity index (χ1) is 20.2. The van der Waals surface area contributed by atoms with Gasteiger partial charge < -0.3 is 0 Å². The second kappa shape index (κ2) is 29.3. The Bertz CT molecular complexity index is 646. The van der Waals surface area contributed by atoms with Crippen LogP contribution in [0.1, 0.15) is 226 Å². The molecule has 0 aromatic carbocycles. The average Bonchev–Trinajstić information content (AvgIpc) is 3.38. The molecule has 0 aliphatic heterocycles. The molecule has 0 amide bonds. The predicted octanol–water partition coefficient (Wildman–Crippen LogP) is 13.3. The molecular formula is C39H77N2+. The SMILES string of the molecule is CCCCCCCCCCCCCCCCC[n+]1ccn(CCCCCCCCCCCCCCCC)c1C(C)C. The van der Waals surface area contributed by atoms with Crippen molar-refractivity contribution >= 4 is 0 Å². The molecule has 0 fully saturated rings. The van der Waals surface area contributed by atoms with Crippen molar-refractivity contribution in [1.82, 2.24) is 4.57 Å². The van der Waals surface area contributed by atoms with Crippen LogP contribution in [0.3, 0.4) is 0 Å². The Morgan fingerprint density at radius 3 is 1.12 bits per heavy atom. The van der Waals surface area contributed by atoms with E-state index in [1.807, 2.05) is 0 Å².